The Morgan fingerprint density at radius 3 is 2.71 bits per heavy atom. The van der Waals surface area contributed by atoms with Gasteiger partial charge >= 0.3 is 6.09 Å². The number of pyridine rings is 1. The van der Waals surface area contributed by atoms with Crippen molar-refractivity contribution in [3.05, 3.63) is 71.0 Å². The van der Waals surface area contributed by atoms with Gasteiger partial charge in [-0.15, -0.1) is 0 Å². The van der Waals surface area contributed by atoms with E-state index >= 15 is 0 Å². The van der Waals surface area contributed by atoms with Crippen LogP contribution in [0.4, 0.5) is 19.7 Å². The van der Waals surface area contributed by atoms with Gasteiger partial charge in [0.15, 0.2) is 5.82 Å². The third-order valence-electron chi connectivity index (χ3n) is 5.12. The Morgan fingerprint density at radius 1 is 1.16 bits per heavy atom. The standard InChI is InChI=1S/C21H19F2N5O3/c22-17-13-24-20(25-15-7-10-27(11-8-15)21(30)31-23)26-19(17)14-4-3-5-16(12-14)28-9-2-1-6-18(28)29/h1-6,9,12-13,15H,7-8,10-11H2,(H,24,25,26). The second kappa shape index (κ2) is 8.90. The van der Waals surface area contributed by atoms with Gasteiger partial charge in [-0.05, 0) is 31.0 Å². The molecule has 1 amide bonds. The maximum atomic E-state index is 14.5. The zero-order valence-corrected chi connectivity index (χ0v) is 16.4. The molecular weight excluding hydrogens is 408 g/mol. The summed E-state index contributed by atoms with van der Waals surface area (Å²) in [5.41, 5.74) is 0.981. The van der Waals surface area contributed by atoms with Crippen LogP contribution in [-0.4, -0.2) is 44.7 Å². The van der Waals surface area contributed by atoms with Crippen LogP contribution in [0.5, 0.6) is 0 Å². The number of piperidine rings is 1. The minimum Gasteiger partial charge on any atom is -0.351 e. The van der Waals surface area contributed by atoms with Crippen LogP contribution in [0.15, 0.2) is 59.7 Å². The van der Waals surface area contributed by atoms with E-state index in [0.717, 1.165) is 6.20 Å². The van der Waals surface area contributed by atoms with Gasteiger partial charge in [0.2, 0.25) is 5.95 Å². The molecule has 0 radical (unpaired) electrons. The molecule has 31 heavy (non-hydrogen) atoms. The summed E-state index contributed by atoms with van der Waals surface area (Å²) in [6.45, 7) is 0.644. The highest BCUT2D eigenvalue weighted by Gasteiger charge is 2.25. The number of nitrogens with zero attached hydrogens (tertiary/aromatic N) is 4. The van der Waals surface area contributed by atoms with E-state index in [4.69, 9.17) is 0 Å². The number of amides is 1. The molecule has 1 aliphatic rings. The highest BCUT2D eigenvalue weighted by Crippen LogP contribution is 2.24. The summed E-state index contributed by atoms with van der Waals surface area (Å²) in [5, 5.41) is 3.13. The van der Waals surface area contributed by atoms with Crippen LogP contribution in [0.25, 0.3) is 16.9 Å². The fourth-order valence-corrected chi connectivity index (χ4v) is 3.52. The molecule has 0 saturated carbocycles. The smallest absolute Gasteiger partial charge is 0.351 e. The summed E-state index contributed by atoms with van der Waals surface area (Å²) in [5.74, 6) is -0.353. The zero-order chi connectivity index (χ0) is 21.8. The van der Waals surface area contributed by atoms with E-state index in [1.165, 1.54) is 15.5 Å². The molecule has 1 N–H and O–H groups in total. The maximum absolute atomic E-state index is 14.5. The minimum absolute atomic E-state index is 0.0591. The first-order valence-corrected chi connectivity index (χ1v) is 9.70. The predicted octanol–water partition coefficient (Wildman–Crippen LogP) is 3.33. The molecule has 0 aliphatic carbocycles. The Balaban J connectivity index is 1.54. The molecule has 0 atom stereocenters. The molecule has 0 spiro atoms. The number of hydrogen-bond donors (Lipinski definition) is 1. The molecular formula is C21H19F2N5O3. The number of hydrogen-bond acceptors (Lipinski definition) is 6. The molecule has 1 saturated heterocycles. The van der Waals surface area contributed by atoms with Crippen LogP contribution in [0, 0.1) is 5.82 Å². The van der Waals surface area contributed by atoms with E-state index in [1.807, 2.05) is 0 Å². The van der Waals surface area contributed by atoms with Crippen molar-refractivity contribution in [1.29, 1.82) is 0 Å². The number of benzene rings is 1. The van der Waals surface area contributed by atoms with E-state index in [2.05, 4.69) is 20.2 Å². The van der Waals surface area contributed by atoms with Crippen molar-refractivity contribution < 1.29 is 18.7 Å². The summed E-state index contributed by atoms with van der Waals surface area (Å²) in [4.78, 5) is 36.2. The molecule has 2 aromatic heterocycles. The summed E-state index contributed by atoms with van der Waals surface area (Å²) in [6.07, 6.45) is 2.79. The maximum Gasteiger partial charge on any atom is 0.447 e. The van der Waals surface area contributed by atoms with Crippen molar-refractivity contribution in [3.63, 3.8) is 0 Å². The van der Waals surface area contributed by atoms with Gasteiger partial charge in [-0.1, -0.05) is 18.2 Å². The molecule has 1 fully saturated rings. The average Bonchev–Trinajstić information content (AvgIpc) is 2.80. The van der Waals surface area contributed by atoms with Gasteiger partial charge in [0, 0.05) is 47.2 Å². The van der Waals surface area contributed by atoms with Crippen molar-refractivity contribution >= 4 is 12.0 Å². The highest BCUT2D eigenvalue weighted by molar-refractivity contribution is 5.67. The Labute approximate surface area is 176 Å². The van der Waals surface area contributed by atoms with E-state index in [0.29, 0.717) is 37.2 Å². The predicted molar refractivity (Wildman–Crippen MR) is 109 cm³/mol. The molecule has 1 aliphatic heterocycles. The largest absolute Gasteiger partial charge is 0.447 e. The van der Waals surface area contributed by atoms with Gasteiger partial charge in [-0.25, -0.2) is 24.1 Å². The number of carbonyl (C=O) groups excluding carboxylic acids is 1. The molecule has 4 rings (SSSR count). The number of halogens is 2. The quantitative estimate of drug-likeness (QED) is 0.687. The molecule has 3 heterocycles. The van der Waals surface area contributed by atoms with E-state index < -0.39 is 11.9 Å². The number of carbonyl (C=O) groups is 1. The Hall–Kier alpha value is -3.82. The van der Waals surface area contributed by atoms with Crippen LogP contribution in [-0.2, 0) is 4.94 Å². The lowest BCUT2D eigenvalue weighted by Gasteiger charge is -2.30. The van der Waals surface area contributed by atoms with Crippen molar-refractivity contribution in [2.24, 2.45) is 0 Å². The fraction of sp³-hybridized carbons (Fsp3) is 0.238. The van der Waals surface area contributed by atoms with Crippen LogP contribution in [0.3, 0.4) is 0 Å². The minimum atomic E-state index is -1.00. The van der Waals surface area contributed by atoms with Gasteiger partial charge in [0.05, 0.1) is 6.20 Å². The molecule has 8 nitrogen and oxygen atoms in total. The van der Waals surface area contributed by atoms with Crippen LogP contribution >= 0.6 is 0 Å². The fourth-order valence-electron chi connectivity index (χ4n) is 3.52. The van der Waals surface area contributed by atoms with Crippen molar-refractivity contribution in [3.8, 4) is 16.9 Å². The summed E-state index contributed by atoms with van der Waals surface area (Å²) in [6, 6.07) is 11.6. The number of rotatable bonds is 4. The molecule has 0 bridgehead atoms. The van der Waals surface area contributed by atoms with Gasteiger partial charge in [0.1, 0.15) is 5.69 Å². The van der Waals surface area contributed by atoms with Crippen LogP contribution in [0.1, 0.15) is 12.8 Å². The van der Waals surface area contributed by atoms with Crippen LogP contribution < -0.4 is 10.9 Å². The van der Waals surface area contributed by atoms with Gasteiger partial charge in [-0.3, -0.25) is 9.36 Å². The summed E-state index contributed by atoms with van der Waals surface area (Å²) in [7, 11) is 0. The van der Waals surface area contributed by atoms with E-state index in [1.54, 1.807) is 42.6 Å². The van der Waals surface area contributed by atoms with E-state index in [-0.39, 0.29) is 23.2 Å². The van der Waals surface area contributed by atoms with Gasteiger partial charge in [0.25, 0.3) is 5.56 Å². The first-order chi connectivity index (χ1) is 15.0. The lowest BCUT2D eigenvalue weighted by molar-refractivity contribution is -0.0813. The Bertz CT molecular complexity index is 1150. The molecule has 160 valence electrons. The van der Waals surface area contributed by atoms with Crippen molar-refractivity contribution in [2.75, 3.05) is 18.4 Å². The van der Waals surface area contributed by atoms with Crippen molar-refractivity contribution in [1.82, 2.24) is 19.4 Å². The Kier molecular flexibility index (Phi) is 5.87. The van der Waals surface area contributed by atoms with Gasteiger partial charge in [-0.2, -0.15) is 0 Å². The molecule has 1 aromatic carbocycles. The number of anilines is 1. The summed E-state index contributed by atoms with van der Waals surface area (Å²) < 4.78 is 28.0. The second-order valence-electron chi connectivity index (χ2n) is 7.10. The molecule has 0 unspecified atom stereocenters. The number of likely N-dealkylation sites (tertiary alicyclic amines) is 1. The van der Waals surface area contributed by atoms with Crippen LogP contribution in [0.2, 0.25) is 0 Å². The molecule has 3 aromatic rings. The Morgan fingerprint density at radius 2 is 1.97 bits per heavy atom. The zero-order valence-electron chi connectivity index (χ0n) is 16.4. The first kappa shape index (κ1) is 20.5. The molecule has 10 heteroatoms. The van der Waals surface area contributed by atoms with Crippen molar-refractivity contribution in [2.45, 2.75) is 18.9 Å². The van der Waals surface area contributed by atoms with E-state index in [9.17, 15) is 18.5 Å². The summed E-state index contributed by atoms with van der Waals surface area (Å²) >= 11 is 0. The van der Waals surface area contributed by atoms with Gasteiger partial charge < -0.3 is 10.2 Å². The number of aromatic nitrogens is 3. The topological polar surface area (TPSA) is 89.4 Å². The highest BCUT2D eigenvalue weighted by atomic mass is 19.3. The average molecular weight is 427 g/mol. The normalized spacial score (nSPS) is 14.3. The lowest BCUT2D eigenvalue weighted by atomic mass is 10.1. The monoisotopic (exact) mass is 427 g/mol. The number of nitrogens with one attached hydrogen (secondary N) is 1. The third-order valence-corrected chi connectivity index (χ3v) is 5.12. The first-order valence-electron chi connectivity index (χ1n) is 9.70. The second-order valence-corrected chi connectivity index (χ2v) is 7.10. The SMILES string of the molecule is O=C(OF)N1CCC(Nc2ncc(F)c(-c3cccc(-n4ccccc4=O)c3)n2)CC1. The third kappa shape index (κ3) is 4.52. The lowest BCUT2D eigenvalue weighted by Crippen LogP contribution is -2.42.